The van der Waals surface area contributed by atoms with Crippen LogP contribution in [0.2, 0.25) is 0 Å². The predicted molar refractivity (Wildman–Crippen MR) is 111 cm³/mol. The van der Waals surface area contributed by atoms with E-state index in [0.717, 1.165) is 38.5 Å². The number of guanidine groups is 1. The van der Waals surface area contributed by atoms with Crippen LogP contribution in [-0.4, -0.2) is 69.5 Å². The number of furan rings is 1. The summed E-state index contributed by atoms with van der Waals surface area (Å²) in [5.74, 6) is 1.60. The first kappa shape index (κ1) is 22.0. The zero-order chi connectivity index (χ0) is 18.5. The van der Waals surface area contributed by atoms with Crippen molar-refractivity contribution in [1.29, 1.82) is 0 Å². The van der Waals surface area contributed by atoms with E-state index in [1.807, 2.05) is 0 Å². The van der Waals surface area contributed by atoms with Gasteiger partial charge in [0, 0.05) is 26.7 Å². The van der Waals surface area contributed by atoms with Crippen molar-refractivity contribution in [3.05, 3.63) is 23.2 Å². The number of aryl methyl sites for hydroxylation is 1. The van der Waals surface area contributed by atoms with E-state index in [-0.39, 0.29) is 36.2 Å². The molecule has 0 bridgehead atoms. The molecule has 0 aliphatic carbocycles. The van der Waals surface area contributed by atoms with Crippen LogP contribution in [0.1, 0.15) is 34.7 Å². The van der Waals surface area contributed by atoms with Crippen LogP contribution in [0.15, 0.2) is 15.5 Å². The van der Waals surface area contributed by atoms with Crippen LogP contribution in [0.3, 0.4) is 0 Å². The number of nitrogens with one attached hydrogen (secondary N) is 1. The fourth-order valence-electron chi connectivity index (χ4n) is 3.43. The third-order valence-corrected chi connectivity index (χ3v) is 4.78. The van der Waals surface area contributed by atoms with E-state index in [9.17, 15) is 4.79 Å². The van der Waals surface area contributed by atoms with Crippen molar-refractivity contribution in [2.45, 2.75) is 38.5 Å². The molecule has 152 valence electrons. The number of carbonyl (C=O) groups is 1. The molecule has 0 spiro atoms. The summed E-state index contributed by atoms with van der Waals surface area (Å²) in [7, 11) is 3.11. The highest BCUT2D eigenvalue weighted by Gasteiger charge is 2.32. The molecular formula is C18H28IN3O5. The summed E-state index contributed by atoms with van der Waals surface area (Å²) in [6.45, 7) is 5.17. The minimum atomic E-state index is -0.394. The molecule has 2 aliphatic rings. The van der Waals surface area contributed by atoms with Gasteiger partial charge in [0.15, 0.2) is 5.96 Å². The maximum absolute atomic E-state index is 11.7. The van der Waals surface area contributed by atoms with Gasteiger partial charge in [0.25, 0.3) is 0 Å². The first-order chi connectivity index (χ1) is 12.6. The molecule has 1 aromatic heterocycles. The lowest BCUT2D eigenvalue weighted by Crippen LogP contribution is -2.53. The minimum absolute atomic E-state index is 0. The highest BCUT2D eigenvalue weighted by Crippen LogP contribution is 2.21. The largest absolute Gasteiger partial charge is 0.465 e. The van der Waals surface area contributed by atoms with E-state index in [4.69, 9.17) is 18.6 Å². The lowest BCUT2D eigenvalue weighted by atomic mass is 10.1. The number of methoxy groups -OCH3 is 1. The highest BCUT2D eigenvalue weighted by atomic mass is 127. The molecule has 2 saturated heterocycles. The third kappa shape index (κ3) is 5.35. The molecule has 2 fully saturated rings. The molecule has 2 atom stereocenters. The number of nitrogens with zero attached hydrogens (tertiary/aromatic N) is 2. The molecule has 2 aliphatic heterocycles. The summed E-state index contributed by atoms with van der Waals surface area (Å²) in [5, 5.41) is 3.30. The molecule has 3 heterocycles. The van der Waals surface area contributed by atoms with Gasteiger partial charge in [-0.25, -0.2) is 4.79 Å². The fraction of sp³-hybridized carbons (Fsp3) is 0.667. The normalized spacial score (nSPS) is 23.1. The molecule has 0 aromatic carbocycles. The lowest BCUT2D eigenvalue weighted by molar-refractivity contribution is -0.0817. The monoisotopic (exact) mass is 493 g/mol. The summed E-state index contributed by atoms with van der Waals surface area (Å²) in [5.41, 5.74) is 0.448. The van der Waals surface area contributed by atoms with Crippen LogP contribution in [0.5, 0.6) is 0 Å². The van der Waals surface area contributed by atoms with Gasteiger partial charge in [-0.15, -0.1) is 24.0 Å². The van der Waals surface area contributed by atoms with E-state index in [1.165, 1.54) is 7.11 Å². The quantitative estimate of drug-likeness (QED) is 0.297. The van der Waals surface area contributed by atoms with E-state index in [1.54, 1.807) is 20.0 Å². The summed E-state index contributed by atoms with van der Waals surface area (Å²) in [4.78, 5) is 18.2. The van der Waals surface area contributed by atoms with E-state index >= 15 is 0 Å². The maximum Gasteiger partial charge on any atom is 0.341 e. The Morgan fingerprint density at radius 2 is 2.15 bits per heavy atom. The van der Waals surface area contributed by atoms with Crippen molar-refractivity contribution in [3.8, 4) is 0 Å². The molecule has 9 heteroatoms. The zero-order valence-electron chi connectivity index (χ0n) is 16.0. The van der Waals surface area contributed by atoms with Crippen LogP contribution in [0, 0.1) is 6.92 Å². The van der Waals surface area contributed by atoms with Gasteiger partial charge in [-0.1, -0.05) is 0 Å². The number of rotatable bonds is 4. The second-order valence-corrected chi connectivity index (χ2v) is 6.48. The molecule has 1 aromatic rings. The Labute approximate surface area is 176 Å². The Morgan fingerprint density at radius 3 is 2.81 bits per heavy atom. The molecule has 0 amide bonds. The van der Waals surface area contributed by atoms with Crippen LogP contribution in [-0.2, 0) is 20.8 Å². The number of carbonyl (C=O) groups excluding carboxylic acids is 1. The summed E-state index contributed by atoms with van der Waals surface area (Å²) in [6, 6.07) is 1.70. The number of aliphatic imine (C=N–C) groups is 1. The Kier molecular flexibility index (Phi) is 8.36. The average Bonchev–Trinajstić information content (AvgIpc) is 3.32. The standard InChI is InChI=1S/C18H27N3O5.HI/c1-12-14(17(22)23-3)9-13(26-12)10-20-18(19-2)21-6-8-25-16(11-21)15-5-4-7-24-15;/h9,15-16H,4-8,10-11H2,1-3H3,(H,19,20);1H. The first-order valence-electron chi connectivity index (χ1n) is 8.98. The van der Waals surface area contributed by atoms with Crippen LogP contribution in [0.4, 0.5) is 0 Å². The highest BCUT2D eigenvalue weighted by molar-refractivity contribution is 14.0. The van der Waals surface area contributed by atoms with Gasteiger partial charge in [-0.2, -0.15) is 0 Å². The van der Waals surface area contributed by atoms with E-state index in [0.29, 0.717) is 30.2 Å². The number of hydrogen-bond donors (Lipinski definition) is 1. The number of esters is 1. The van der Waals surface area contributed by atoms with Crippen LogP contribution < -0.4 is 5.32 Å². The Morgan fingerprint density at radius 1 is 1.37 bits per heavy atom. The van der Waals surface area contributed by atoms with Gasteiger partial charge in [-0.05, 0) is 25.8 Å². The van der Waals surface area contributed by atoms with Gasteiger partial charge in [0.05, 0.1) is 26.4 Å². The molecule has 8 nitrogen and oxygen atoms in total. The minimum Gasteiger partial charge on any atom is -0.465 e. The van der Waals surface area contributed by atoms with Crippen molar-refractivity contribution in [3.63, 3.8) is 0 Å². The average molecular weight is 493 g/mol. The van der Waals surface area contributed by atoms with Gasteiger partial charge >= 0.3 is 5.97 Å². The van der Waals surface area contributed by atoms with Crippen LogP contribution >= 0.6 is 24.0 Å². The molecule has 27 heavy (non-hydrogen) atoms. The van der Waals surface area contributed by atoms with Crippen molar-refractivity contribution in [2.24, 2.45) is 4.99 Å². The number of hydrogen-bond acceptors (Lipinski definition) is 6. The van der Waals surface area contributed by atoms with Gasteiger partial charge < -0.3 is 28.8 Å². The number of halogens is 1. The Hall–Kier alpha value is -1.33. The fourth-order valence-corrected chi connectivity index (χ4v) is 3.43. The van der Waals surface area contributed by atoms with Gasteiger partial charge in [0.2, 0.25) is 0 Å². The molecule has 1 N–H and O–H groups in total. The van der Waals surface area contributed by atoms with Crippen molar-refractivity contribution >= 4 is 35.9 Å². The molecular weight excluding hydrogens is 465 g/mol. The van der Waals surface area contributed by atoms with Gasteiger partial charge in [0.1, 0.15) is 23.2 Å². The topological polar surface area (TPSA) is 85.5 Å². The molecule has 2 unspecified atom stereocenters. The predicted octanol–water partition coefficient (Wildman–Crippen LogP) is 1.95. The summed E-state index contributed by atoms with van der Waals surface area (Å²) >= 11 is 0. The van der Waals surface area contributed by atoms with Gasteiger partial charge in [-0.3, -0.25) is 4.99 Å². The zero-order valence-corrected chi connectivity index (χ0v) is 18.4. The van der Waals surface area contributed by atoms with Crippen molar-refractivity contribution < 1.29 is 23.4 Å². The van der Waals surface area contributed by atoms with Crippen molar-refractivity contribution in [1.82, 2.24) is 10.2 Å². The maximum atomic E-state index is 11.7. The second kappa shape index (κ2) is 10.3. The third-order valence-electron chi connectivity index (χ3n) is 4.78. The summed E-state index contributed by atoms with van der Waals surface area (Å²) in [6.07, 6.45) is 2.39. The first-order valence-corrected chi connectivity index (χ1v) is 8.98. The lowest BCUT2D eigenvalue weighted by Gasteiger charge is -2.37. The molecule has 3 rings (SSSR count). The van der Waals surface area contributed by atoms with E-state index < -0.39 is 5.97 Å². The second-order valence-electron chi connectivity index (χ2n) is 6.48. The number of morpholine rings is 1. The Balaban J connectivity index is 0.00000261. The summed E-state index contributed by atoms with van der Waals surface area (Å²) < 4.78 is 22.0. The Bertz CT molecular complexity index is 657. The van der Waals surface area contributed by atoms with E-state index in [2.05, 4.69) is 15.2 Å². The molecule has 0 radical (unpaired) electrons. The van der Waals surface area contributed by atoms with Crippen molar-refractivity contribution in [2.75, 3.05) is 40.5 Å². The number of ether oxygens (including phenoxy) is 3. The smallest absolute Gasteiger partial charge is 0.341 e. The molecule has 0 saturated carbocycles. The SMILES string of the molecule is CN=C(NCc1cc(C(=O)OC)c(C)o1)N1CCOC(C2CCCO2)C1.I. The van der Waals surface area contributed by atoms with Crippen LogP contribution in [0.25, 0.3) is 0 Å².